The Balaban J connectivity index is 1.28. The maximum atomic E-state index is 13.7. The van der Waals surface area contributed by atoms with Crippen LogP contribution in [0.2, 0.25) is 0 Å². The number of ether oxygens (including phenoxy) is 1. The van der Waals surface area contributed by atoms with Crippen molar-refractivity contribution in [2.24, 2.45) is 5.41 Å². The second-order valence-corrected chi connectivity index (χ2v) is 10.8. The Morgan fingerprint density at radius 1 is 1.00 bits per heavy atom. The Hall–Kier alpha value is -3.81. The van der Waals surface area contributed by atoms with Gasteiger partial charge in [-0.1, -0.05) is 39.0 Å². The fourth-order valence-electron chi connectivity index (χ4n) is 5.30. The second kappa shape index (κ2) is 9.00. The van der Waals surface area contributed by atoms with Crippen LogP contribution in [-0.4, -0.2) is 70.8 Å². The number of benzene rings is 2. The van der Waals surface area contributed by atoms with E-state index >= 15 is 0 Å². The first-order valence-electron chi connectivity index (χ1n) is 12.3. The Labute approximate surface area is 210 Å². The molecule has 3 amide bonds. The van der Waals surface area contributed by atoms with Crippen molar-refractivity contribution in [1.29, 1.82) is 0 Å². The first-order valence-corrected chi connectivity index (χ1v) is 12.3. The number of methoxy groups -OCH3 is 1. The Bertz CT molecular complexity index is 1270. The number of carbonyl (C=O) groups excluding carboxylic acids is 3. The highest BCUT2D eigenvalue weighted by Gasteiger charge is 2.49. The van der Waals surface area contributed by atoms with Crippen LogP contribution in [0.1, 0.15) is 48.0 Å². The lowest BCUT2D eigenvalue weighted by Crippen LogP contribution is -2.59. The molecule has 2 bridgehead atoms. The van der Waals surface area contributed by atoms with Crippen molar-refractivity contribution in [3.8, 4) is 5.75 Å². The van der Waals surface area contributed by atoms with Gasteiger partial charge >= 0.3 is 0 Å². The molecule has 0 radical (unpaired) electrons. The van der Waals surface area contributed by atoms with Crippen LogP contribution in [0.15, 0.2) is 54.6 Å². The van der Waals surface area contributed by atoms with E-state index < -0.39 is 11.5 Å². The third kappa shape index (κ3) is 4.32. The van der Waals surface area contributed by atoms with Gasteiger partial charge in [-0.05, 0) is 48.2 Å². The molecule has 8 heteroatoms. The van der Waals surface area contributed by atoms with Crippen molar-refractivity contribution in [3.63, 3.8) is 0 Å². The SMILES string of the molecule is COc1ccc(C(=O)N2C[C@@H]3C[C@H]2CN3C(=O)C(NC(=O)c2cc3ccccc3[nH]2)C(C)(C)C)cc1. The predicted molar refractivity (Wildman–Crippen MR) is 137 cm³/mol. The molecule has 2 saturated heterocycles. The minimum absolute atomic E-state index is 0.0291. The van der Waals surface area contributed by atoms with Gasteiger partial charge in [0.2, 0.25) is 5.91 Å². The molecule has 0 spiro atoms. The predicted octanol–water partition coefficient (Wildman–Crippen LogP) is 3.45. The Morgan fingerprint density at radius 2 is 1.67 bits per heavy atom. The number of fused-ring (bicyclic) bond motifs is 3. The van der Waals surface area contributed by atoms with Crippen LogP contribution in [-0.2, 0) is 4.79 Å². The van der Waals surface area contributed by atoms with Crippen molar-refractivity contribution in [2.45, 2.75) is 45.3 Å². The molecule has 1 unspecified atom stereocenters. The molecule has 8 nitrogen and oxygen atoms in total. The summed E-state index contributed by atoms with van der Waals surface area (Å²) in [7, 11) is 1.59. The quantitative estimate of drug-likeness (QED) is 0.575. The summed E-state index contributed by atoms with van der Waals surface area (Å²) in [6, 6.07) is 15.8. The largest absolute Gasteiger partial charge is 0.497 e. The van der Waals surface area contributed by atoms with E-state index in [0.29, 0.717) is 30.1 Å². The van der Waals surface area contributed by atoms with Crippen molar-refractivity contribution in [1.82, 2.24) is 20.1 Å². The van der Waals surface area contributed by atoms with E-state index in [1.54, 1.807) is 37.4 Å². The van der Waals surface area contributed by atoms with Crippen LogP contribution in [0.4, 0.5) is 0 Å². The van der Waals surface area contributed by atoms with Gasteiger partial charge in [-0.2, -0.15) is 0 Å². The minimum atomic E-state index is -0.693. The van der Waals surface area contributed by atoms with E-state index in [1.807, 2.05) is 54.8 Å². The molecule has 2 fully saturated rings. The fourth-order valence-corrected chi connectivity index (χ4v) is 5.30. The third-order valence-electron chi connectivity index (χ3n) is 7.28. The van der Waals surface area contributed by atoms with E-state index in [-0.39, 0.29) is 29.8 Å². The van der Waals surface area contributed by atoms with E-state index in [1.165, 1.54) is 0 Å². The molecule has 1 aromatic heterocycles. The molecule has 2 N–H and O–H groups in total. The summed E-state index contributed by atoms with van der Waals surface area (Å²) >= 11 is 0. The standard InChI is InChI=1S/C28H32N4O4/c1-28(2,3)24(30-25(33)23-13-18-7-5-6-8-22(18)29-23)27(35)32-16-19-14-20(32)15-31(19)26(34)17-9-11-21(36-4)12-10-17/h5-13,19-20,24,29H,14-16H2,1-4H3,(H,30,33)/t19-,20-,24?/m0/s1. The molecule has 3 atom stereocenters. The van der Waals surface area contributed by atoms with Gasteiger partial charge in [-0.15, -0.1) is 0 Å². The number of H-pyrrole nitrogens is 1. The number of piperazine rings is 1. The average Bonchev–Trinajstić information content (AvgIpc) is 3.59. The molecule has 36 heavy (non-hydrogen) atoms. The van der Waals surface area contributed by atoms with E-state index in [4.69, 9.17) is 4.74 Å². The number of aromatic amines is 1. The van der Waals surface area contributed by atoms with Gasteiger partial charge in [0.1, 0.15) is 17.5 Å². The lowest BCUT2D eigenvalue weighted by Gasteiger charge is -2.39. The summed E-state index contributed by atoms with van der Waals surface area (Å²) in [5, 5.41) is 3.93. The number of likely N-dealkylation sites (tertiary alicyclic amines) is 2. The molecule has 5 rings (SSSR count). The molecule has 3 heterocycles. The van der Waals surface area contributed by atoms with Crippen LogP contribution in [0.3, 0.4) is 0 Å². The number of rotatable bonds is 5. The average molecular weight is 489 g/mol. The van der Waals surface area contributed by atoms with Crippen LogP contribution in [0, 0.1) is 5.41 Å². The molecule has 2 aliphatic heterocycles. The zero-order valence-corrected chi connectivity index (χ0v) is 21.1. The smallest absolute Gasteiger partial charge is 0.268 e. The number of carbonyl (C=O) groups is 3. The van der Waals surface area contributed by atoms with Gasteiger partial charge in [0.25, 0.3) is 11.8 Å². The first-order chi connectivity index (χ1) is 17.2. The summed E-state index contributed by atoms with van der Waals surface area (Å²) in [5.74, 6) is 0.266. The summed E-state index contributed by atoms with van der Waals surface area (Å²) in [5.41, 5.74) is 1.43. The van der Waals surface area contributed by atoms with Crippen LogP contribution >= 0.6 is 0 Å². The highest BCUT2D eigenvalue weighted by Crippen LogP contribution is 2.34. The van der Waals surface area contributed by atoms with E-state index in [0.717, 1.165) is 17.3 Å². The van der Waals surface area contributed by atoms with Gasteiger partial charge < -0.3 is 24.8 Å². The lowest BCUT2D eigenvalue weighted by atomic mass is 9.85. The first kappa shape index (κ1) is 23.9. The molecular formula is C28H32N4O4. The highest BCUT2D eigenvalue weighted by atomic mass is 16.5. The summed E-state index contributed by atoms with van der Waals surface area (Å²) < 4.78 is 5.18. The third-order valence-corrected chi connectivity index (χ3v) is 7.28. The number of amides is 3. The van der Waals surface area contributed by atoms with Gasteiger partial charge in [-0.3, -0.25) is 14.4 Å². The fraction of sp³-hybridized carbons (Fsp3) is 0.393. The topological polar surface area (TPSA) is 94.7 Å². The summed E-state index contributed by atoms with van der Waals surface area (Å²) in [6.45, 7) is 6.83. The molecule has 3 aromatic rings. The van der Waals surface area contributed by atoms with Crippen LogP contribution < -0.4 is 10.1 Å². The van der Waals surface area contributed by atoms with Crippen molar-refractivity contribution in [3.05, 3.63) is 65.9 Å². The highest BCUT2D eigenvalue weighted by molar-refractivity contribution is 6.00. The van der Waals surface area contributed by atoms with Crippen LogP contribution in [0.25, 0.3) is 10.9 Å². The summed E-state index contributed by atoms with van der Waals surface area (Å²) in [4.78, 5) is 46.8. The second-order valence-electron chi connectivity index (χ2n) is 10.8. The Morgan fingerprint density at radius 3 is 2.28 bits per heavy atom. The maximum absolute atomic E-state index is 13.7. The molecule has 2 aliphatic rings. The van der Waals surface area contributed by atoms with Gasteiger partial charge in [0.15, 0.2) is 0 Å². The van der Waals surface area contributed by atoms with Gasteiger partial charge in [-0.25, -0.2) is 0 Å². The monoisotopic (exact) mass is 488 g/mol. The van der Waals surface area contributed by atoms with Crippen molar-refractivity contribution < 1.29 is 19.1 Å². The molecular weight excluding hydrogens is 456 g/mol. The zero-order valence-electron chi connectivity index (χ0n) is 21.1. The van der Waals surface area contributed by atoms with E-state index in [2.05, 4.69) is 10.3 Å². The molecule has 188 valence electrons. The van der Waals surface area contributed by atoms with Crippen molar-refractivity contribution >= 4 is 28.6 Å². The molecule has 0 saturated carbocycles. The number of hydrogen-bond acceptors (Lipinski definition) is 4. The molecule has 2 aromatic carbocycles. The number of para-hydroxylation sites is 1. The summed E-state index contributed by atoms with van der Waals surface area (Å²) in [6.07, 6.45) is 0.750. The minimum Gasteiger partial charge on any atom is -0.497 e. The maximum Gasteiger partial charge on any atom is 0.268 e. The number of hydrogen-bond donors (Lipinski definition) is 2. The van der Waals surface area contributed by atoms with Crippen molar-refractivity contribution in [2.75, 3.05) is 20.2 Å². The van der Waals surface area contributed by atoms with Gasteiger partial charge in [0, 0.05) is 29.6 Å². The van der Waals surface area contributed by atoms with E-state index in [9.17, 15) is 14.4 Å². The van der Waals surface area contributed by atoms with Gasteiger partial charge in [0.05, 0.1) is 19.2 Å². The lowest BCUT2D eigenvalue weighted by molar-refractivity contribution is -0.138. The normalized spacial score (nSPS) is 20.0. The molecule has 0 aliphatic carbocycles. The Kier molecular flexibility index (Phi) is 5.98. The van der Waals surface area contributed by atoms with Crippen LogP contribution in [0.5, 0.6) is 5.75 Å². The number of nitrogens with one attached hydrogen (secondary N) is 2. The zero-order chi connectivity index (χ0) is 25.6. The number of aromatic nitrogens is 1. The number of nitrogens with zero attached hydrogens (tertiary/aromatic N) is 2.